The fourth-order valence-electron chi connectivity index (χ4n) is 2.49. The molecule has 2 aromatic carbocycles. The minimum Gasteiger partial charge on any atom is -0.504 e. The third-order valence-corrected chi connectivity index (χ3v) is 3.79. The van der Waals surface area contributed by atoms with E-state index in [1.54, 1.807) is 24.3 Å². The number of non-ortho nitro benzene ring substituents is 1. The largest absolute Gasteiger partial charge is 0.504 e. The highest BCUT2D eigenvalue weighted by atomic mass is 16.6. The summed E-state index contributed by atoms with van der Waals surface area (Å²) in [6, 6.07) is 8.75. The molecule has 0 radical (unpaired) electrons. The van der Waals surface area contributed by atoms with Crippen molar-refractivity contribution in [2.45, 2.75) is 12.3 Å². The van der Waals surface area contributed by atoms with Gasteiger partial charge in [-0.3, -0.25) is 14.9 Å². The quantitative estimate of drug-likeness (QED) is 0.584. The number of phenolic OH excluding ortho intramolecular Hbond substituents is 1. The first-order chi connectivity index (χ1) is 11.9. The highest BCUT2D eigenvalue weighted by Crippen LogP contribution is 2.37. The zero-order valence-electron chi connectivity index (χ0n) is 13.6. The molecule has 1 unspecified atom stereocenters. The van der Waals surface area contributed by atoms with Crippen LogP contribution in [0.2, 0.25) is 0 Å². The fourth-order valence-corrected chi connectivity index (χ4v) is 2.49. The molecule has 2 N–H and O–H groups in total. The first-order valence-electron chi connectivity index (χ1n) is 7.28. The van der Waals surface area contributed by atoms with Crippen molar-refractivity contribution in [3.05, 3.63) is 57.6 Å². The number of nitrogens with zero attached hydrogens (tertiary/aromatic N) is 1. The molecule has 0 amide bonds. The number of carbonyl (C=O) groups is 1. The molecule has 2 rings (SSSR count). The maximum absolute atomic E-state index is 11.7. The average Bonchev–Trinajstić information content (AvgIpc) is 2.60. The van der Waals surface area contributed by atoms with E-state index in [2.05, 4.69) is 0 Å². The summed E-state index contributed by atoms with van der Waals surface area (Å²) in [6.45, 7) is 0. The second-order valence-corrected chi connectivity index (χ2v) is 5.28. The molecule has 25 heavy (non-hydrogen) atoms. The fraction of sp³-hybridized carbons (Fsp3) is 0.235. The van der Waals surface area contributed by atoms with Gasteiger partial charge in [-0.1, -0.05) is 12.1 Å². The van der Waals surface area contributed by atoms with Gasteiger partial charge in [0.2, 0.25) is 0 Å². The molecule has 0 aliphatic rings. The number of rotatable bonds is 7. The maximum atomic E-state index is 11.7. The number of aromatic hydroxyl groups is 1. The Morgan fingerprint density at radius 2 is 1.96 bits per heavy atom. The van der Waals surface area contributed by atoms with E-state index in [4.69, 9.17) is 9.47 Å². The van der Waals surface area contributed by atoms with E-state index in [9.17, 15) is 25.1 Å². The molecule has 8 nitrogen and oxygen atoms in total. The molecule has 1 atom stereocenters. The van der Waals surface area contributed by atoms with Gasteiger partial charge < -0.3 is 19.7 Å². The topological polar surface area (TPSA) is 119 Å². The van der Waals surface area contributed by atoms with E-state index in [1.807, 2.05) is 0 Å². The SMILES string of the molecule is COc1cccc(C(Cc2cc([N+](=O)[O-])cc(OC)c2O)C(=O)O)c1. The van der Waals surface area contributed by atoms with Crippen molar-refractivity contribution < 1.29 is 29.4 Å². The number of benzene rings is 2. The van der Waals surface area contributed by atoms with Crippen molar-refractivity contribution in [3.63, 3.8) is 0 Å². The first-order valence-corrected chi connectivity index (χ1v) is 7.28. The molecule has 0 aliphatic heterocycles. The van der Waals surface area contributed by atoms with Gasteiger partial charge in [-0.2, -0.15) is 0 Å². The van der Waals surface area contributed by atoms with Crippen molar-refractivity contribution in [1.82, 2.24) is 0 Å². The third kappa shape index (κ3) is 3.97. The van der Waals surface area contributed by atoms with Crippen molar-refractivity contribution in [2.24, 2.45) is 0 Å². The van der Waals surface area contributed by atoms with E-state index in [0.717, 1.165) is 12.1 Å². The minimum absolute atomic E-state index is 0.0843. The monoisotopic (exact) mass is 347 g/mol. The van der Waals surface area contributed by atoms with E-state index < -0.39 is 16.8 Å². The molecule has 0 saturated heterocycles. The van der Waals surface area contributed by atoms with Crippen LogP contribution >= 0.6 is 0 Å². The molecule has 8 heteroatoms. The Hall–Kier alpha value is -3.29. The number of hydrogen-bond acceptors (Lipinski definition) is 6. The van der Waals surface area contributed by atoms with Gasteiger partial charge in [0, 0.05) is 11.6 Å². The van der Waals surface area contributed by atoms with E-state index in [0.29, 0.717) is 11.3 Å². The second kappa shape index (κ2) is 7.52. The van der Waals surface area contributed by atoms with Crippen LogP contribution in [0.4, 0.5) is 5.69 Å². The number of nitro groups is 1. The van der Waals surface area contributed by atoms with Gasteiger partial charge in [0.05, 0.1) is 31.1 Å². The smallest absolute Gasteiger partial charge is 0.311 e. The van der Waals surface area contributed by atoms with Gasteiger partial charge in [-0.25, -0.2) is 0 Å². The third-order valence-electron chi connectivity index (χ3n) is 3.79. The van der Waals surface area contributed by atoms with E-state index in [-0.39, 0.29) is 29.2 Å². The molecule has 0 bridgehead atoms. The van der Waals surface area contributed by atoms with Crippen LogP contribution in [-0.4, -0.2) is 35.3 Å². The Labute approximate surface area is 143 Å². The summed E-state index contributed by atoms with van der Waals surface area (Å²) < 4.78 is 10.0. The number of carboxylic acids is 1. The molecular weight excluding hydrogens is 330 g/mol. The normalized spacial score (nSPS) is 11.6. The number of nitro benzene ring substituents is 1. The van der Waals surface area contributed by atoms with Crippen LogP contribution in [0.3, 0.4) is 0 Å². The van der Waals surface area contributed by atoms with Gasteiger partial charge in [-0.15, -0.1) is 0 Å². The summed E-state index contributed by atoms with van der Waals surface area (Å²) in [5.41, 5.74) is 0.275. The summed E-state index contributed by atoms with van der Waals surface area (Å²) in [4.78, 5) is 22.1. The van der Waals surface area contributed by atoms with Crippen LogP contribution in [0, 0.1) is 10.1 Å². The Kier molecular flexibility index (Phi) is 5.43. The number of ether oxygens (including phenoxy) is 2. The lowest BCUT2D eigenvalue weighted by molar-refractivity contribution is -0.385. The van der Waals surface area contributed by atoms with Gasteiger partial charge in [0.1, 0.15) is 5.75 Å². The number of hydrogen-bond donors (Lipinski definition) is 2. The predicted molar refractivity (Wildman–Crippen MR) is 88.4 cm³/mol. The molecule has 0 aromatic heterocycles. The minimum atomic E-state index is -1.13. The lowest BCUT2D eigenvalue weighted by Crippen LogP contribution is -2.15. The van der Waals surface area contributed by atoms with Gasteiger partial charge >= 0.3 is 5.97 Å². The first kappa shape index (κ1) is 18.1. The van der Waals surface area contributed by atoms with Crippen molar-refractivity contribution in [3.8, 4) is 17.2 Å². The molecule has 0 heterocycles. The maximum Gasteiger partial charge on any atom is 0.311 e. The Morgan fingerprint density at radius 1 is 1.24 bits per heavy atom. The van der Waals surface area contributed by atoms with Crippen molar-refractivity contribution in [1.29, 1.82) is 0 Å². The van der Waals surface area contributed by atoms with Gasteiger partial charge in [0.15, 0.2) is 11.5 Å². The predicted octanol–water partition coefficient (Wildman–Crippen LogP) is 2.73. The summed E-state index contributed by atoms with van der Waals surface area (Å²) in [5, 5.41) is 30.8. The summed E-state index contributed by atoms with van der Waals surface area (Å²) in [6.07, 6.45) is -0.146. The number of phenols is 1. The molecule has 0 spiro atoms. The Balaban J connectivity index is 2.47. The molecular formula is C17H17NO7. The number of carboxylic acid groups (broad SMARTS) is 1. The average molecular weight is 347 g/mol. The molecule has 132 valence electrons. The van der Waals surface area contributed by atoms with Gasteiger partial charge in [0.25, 0.3) is 5.69 Å². The van der Waals surface area contributed by atoms with Crippen LogP contribution in [-0.2, 0) is 11.2 Å². The molecule has 0 saturated carbocycles. The van der Waals surface area contributed by atoms with Crippen LogP contribution in [0.5, 0.6) is 17.2 Å². The summed E-state index contributed by atoms with van der Waals surface area (Å²) in [5.74, 6) is -2.06. The lowest BCUT2D eigenvalue weighted by atomic mass is 9.91. The number of aliphatic carboxylic acids is 1. The van der Waals surface area contributed by atoms with Crippen LogP contribution in [0.15, 0.2) is 36.4 Å². The Bertz CT molecular complexity index is 804. The van der Waals surface area contributed by atoms with E-state index >= 15 is 0 Å². The zero-order chi connectivity index (χ0) is 18.6. The lowest BCUT2D eigenvalue weighted by Gasteiger charge is -2.16. The van der Waals surface area contributed by atoms with Crippen LogP contribution < -0.4 is 9.47 Å². The highest BCUT2D eigenvalue weighted by Gasteiger charge is 2.25. The van der Waals surface area contributed by atoms with Crippen molar-refractivity contribution in [2.75, 3.05) is 14.2 Å². The molecule has 0 fully saturated rings. The molecule has 0 aliphatic carbocycles. The van der Waals surface area contributed by atoms with Crippen molar-refractivity contribution >= 4 is 11.7 Å². The van der Waals surface area contributed by atoms with Gasteiger partial charge in [-0.05, 0) is 24.1 Å². The zero-order valence-corrected chi connectivity index (χ0v) is 13.6. The Morgan fingerprint density at radius 3 is 2.52 bits per heavy atom. The van der Waals surface area contributed by atoms with Crippen LogP contribution in [0.1, 0.15) is 17.0 Å². The standard InChI is InChI=1S/C17H17NO7/c1-24-13-5-3-4-10(7-13)14(17(20)21)8-11-6-12(18(22)23)9-15(25-2)16(11)19/h3-7,9,14,19H,8H2,1-2H3,(H,20,21). The summed E-state index contributed by atoms with van der Waals surface area (Å²) >= 11 is 0. The second-order valence-electron chi connectivity index (χ2n) is 5.28. The van der Waals surface area contributed by atoms with Crippen LogP contribution in [0.25, 0.3) is 0 Å². The highest BCUT2D eigenvalue weighted by molar-refractivity contribution is 5.77. The number of methoxy groups -OCH3 is 2. The summed E-state index contributed by atoms with van der Waals surface area (Å²) in [7, 11) is 2.73. The molecule has 2 aromatic rings. The van der Waals surface area contributed by atoms with E-state index in [1.165, 1.54) is 14.2 Å².